The molecule has 7 nitrogen and oxygen atoms in total. The van der Waals surface area contributed by atoms with Crippen LogP contribution in [0.2, 0.25) is 10.0 Å². The first-order chi connectivity index (χ1) is 14.5. The van der Waals surface area contributed by atoms with E-state index < -0.39 is 5.91 Å². The molecule has 1 aromatic heterocycles. The number of aromatic nitrogens is 1. The van der Waals surface area contributed by atoms with Gasteiger partial charge in [-0.2, -0.15) is 0 Å². The summed E-state index contributed by atoms with van der Waals surface area (Å²) < 4.78 is 5.62. The Morgan fingerprint density at radius 3 is 2.59 bits per heavy atom. The number of nitrogens with one attached hydrogen (secondary N) is 2. The number of hydrogen-bond acceptors (Lipinski definition) is 6. The smallest absolute Gasteiger partial charge is 0.252 e. The summed E-state index contributed by atoms with van der Waals surface area (Å²) in [6.07, 6.45) is 1.45. The molecule has 1 fully saturated rings. The van der Waals surface area contributed by atoms with Crippen LogP contribution in [-0.2, 0) is 0 Å². The Hall–Kier alpha value is -2.16. The minimum atomic E-state index is -0.593. The average molecular weight is 519 g/mol. The van der Waals surface area contributed by atoms with Gasteiger partial charge < -0.3 is 26.0 Å². The minimum Gasteiger partial charge on any atom is -0.495 e. The number of anilines is 3. The highest BCUT2D eigenvalue weighted by Crippen LogP contribution is 2.39. The number of pyridine rings is 1. The molecule has 1 aliphatic rings. The molecule has 2 heterocycles. The van der Waals surface area contributed by atoms with Gasteiger partial charge in [-0.1, -0.05) is 29.3 Å². The summed E-state index contributed by atoms with van der Waals surface area (Å²) in [5.41, 5.74) is 8.58. The molecule has 0 aliphatic carbocycles. The molecule has 11 heteroatoms. The highest BCUT2D eigenvalue weighted by Gasteiger charge is 2.21. The monoisotopic (exact) mass is 517 g/mol. The molecule has 1 aliphatic heterocycles. The van der Waals surface area contributed by atoms with E-state index in [1.54, 1.807) is 25.3 Å². The summed E-state index contributed by atoms with van der Waals surface area (Å²) in [7, 11) is 1.63. The second-order valence-electron chi connectivity index (χ2n) is 6.92. The van der Waals surface area contributed by atoms with Crippen molar-refractivity contribution < 1.29 is 9.53 Å². The lowest BCUT2D eigenvalue weighted by Crippen LogP contribution is -2.43. The summed E-state index contributed by atoms with van der Waals surface area (Å²) in [6.45, 7) is 3.44. The van der Waals surface area contributed by atoms with Gasteiger partial charge in [-0.25, -0.2) is 0 Å². The van der Waals surface area contributed by atoms with E-state index in [2.05, 4.69) is 20.5 Å². The van der Waals surface area contributed by atoms with Gasteiger partial charge in [-0.3, -0.25) is 9.78 Å². The highest BCUT2D eigenvalue weighted by molar-refractivity contribution is 6.43. The van der Waals surface area contributed by atoms with Crippen LogP contribution in [0.5, 0.6) is 5.75 Å². The molecule has 3 aromatic rings. The molecule has 4 N–H and O–H groups in total. The number of nitrogens with two attached hydrogens (primary N) is 1. The number of hydrogen-bond donors (Lipinski definition) is 3. The highest BCUT2D eigenvalue weighted by atomic mass is 35.5. The quantitative estimate of drug-likeness (QED) is 0.455. The predicted molar refractivity (Wildman–Crippen MR) is 136 cm³/mol. The number of methoxy groups -OCH3 is 1. The maximum atomic E-state index is 12.2. The molecule has 0 spiro atoms. The van der Waals surface area contributed by atoms with E-state index in [0.717, 1.165) is 43.0 Å². The van der Waals surface area contributed by atoms with Crippen molar-refractivity contribution >= 4 is 81.9 Å². The lowest BCUT2D eigenvalue weighted by atomic mass is 10.1. The Morgan fingerprint density at radius 2 is 1.94 bits per heavy atom. The second kappa shape index (κ2) is 11.1. The average Bonchev–Trinajstić information content (AvgIpc) is 2.76. The number of halogens is 4. The third-order valence-electron chi connectivity index (χ3n) is 5.10. The van der Waals surface area contributed by atoms with Crippen LogP contribution in [0.1, 0.15) is 10.4 Å². The summed E-state index contributed by atoms with van der Waals surface area (Å²) in [5.74, 6) is 0.125. The van der Waals surface area contributed by atoms with Crippen molar-refractivity contribution in [2.45, 2.75) is 0 Å². The summed E-state index contributed by atoms with van der Waals surface area (Å²) in [5, 5.41) is 8.08. The molecule has 1 amide bonds. The first-order valence-electron chi connectivity index (χ1n) is 9.47. The zero-order chi connectivity index (χ0) is 21.3. The van der Waals surface area contributed by atoms with Crippen molar-refractivity contribution in [1.82, 2.24) is 10.3 Å². The number of amides is 1. The van der Waals surface area contributed by atoms with Crippen LogP contribution in [0, 0.1) is 0 Å². The zero-order valence-corrected chi connectivity index (χ0v) is 20.3. The van der Waals surface area contributed by atoms with Gasteiger partial charge in [0.05, 0.1) is 45.3 Å². The maximum absolute atomic E-state index is 12.2. The molecule has 172 valence electrons. The van der Waals surface area contributed by atoms with Crippen molar-refractivity contribution in [2.24, 2.45) is 5.73 Å². The molecule has 0 unspecified atom stereocenters. The van der Waals surface area contributed by atoms with E-state index in [4.69, 9.17) is 33.7 Å². The molecule has 4 rings (SSSR count). The van der Waals surface area contributed by atoms with Crippen LogP contribution < -0.4 is 26.0 Å². The van der Waals surface area contributed by atoms with Crippen LogP contribution in [-0.4, -0.2) is 44.2 Å². The van der Waals surface area contributed by atoms with E-state index in [9.17, 15) is 4.79 Å². The predicted octanol–water partition coefficient (Wildman–Crippen LogP) is 4.65. The molecule has 1 saturated heterocycles. The number of ether oxygens (including phenoxy) is 1. The van der Waals surface area contributed by atoms with E-state index in [1.165, 1.54) is 6.20 Å². The number of rotatable bonds is 5. The van der Waals surface area contributed by atoms with Gasteiger partial charge in [-0.05, 0) is 18.2 Å². The third kappa shape index (κ3) is 5.08. The number of nitrogens with zero attached hydrogens (tertiary/aromatic N) is 2. The van der Waals surface area contributed by atoms with Crippen molar-refractivity contribution in [1.29, 1.82) is 0 Å². The van der Waals surface area contributed by atoms with Crippen LogP contribution in [0.3, 0.4) is 0 Å². The summed E-state index contributed by atoms with van der Waals surface area (Å²) >= 11 is 12.5. The van der Waals surface area contributed by atoms with Crippen LogP contribution in [0.4, 0.5) is 17.1 Å². The number of benzene rings is 2. The number of primary amides is 1. The molecule has 2 aromatic carbocycles. The van der Waals surface area contributed by atoms with E-state index in [0.29, 0.717) is 26.9 Å². The summed E-state index contributed by atoms with van der Waals surface area (Å²) in [6, 6.07) is 9.09. The van der Waals surface area contributed by atoms with Gasteiger partial charge in [0, 0.05) is 43.8 Å². The number of fused-ring (bicyclic) bond motifs is 1. The van der Waals surface area contributed by atoms with Gasteiger partial charge in [0.25, 0.3) is 5.91 Å². The van der Waals surface area contributed by atoms with E-state index in [-0.39, 0.29) is 30.4 Å². The molecular weight excluding hydrogens is 496 g/mol. The number of piperazine rings is 1. The van der Waals surface area contributed by atoms with Crippen LogP contribution >= 0.6 is 48.0 Å². The second-order valence-corrected chi connectivity index (χ2v) is 7.70. The topological polar surface area (TPSA) is 92.5 Å². The molecule has 0 bridgehead atoms. The van der Waals surface area contributed by atoms with Gasteiger partial charge in [0.2, 0.25) is 0 Å². The Morgan fingerprint density at radius 1 is 1.22 bits per heavy atom. The summed E-state index contributed by atoms with van der Waals surface area (Å²) in [4.78, 5) is 18.8. The number of carbonyl (C=O) groups is 1. The minimum absolute atomic E-state index is 0. The normalized spacial score (nSPS) is 13.2. The van der Waals surface area contributed by atoms with Crippen LogP contribution in [0.15, 0.2) is 36.5 Å². The molecular formula is C21H23Cl4N5O2. The van der Waals surface area contributed by atoms with Crippen molar-refractivity contribution in [3.05, 3.63) is 52.1 Å². The van der Waals surface area contributed by atoms with E-state index in [1.807, 2.05) is 12.1 Å². The van der Waals surface area contributed by atoms with Crippen LogP contribution in [0.25, 0.3) is 10.9 Å². The van der Waals surface area contributed by atoms with Gasteiger partial charge in [-0.15, -0.1) is 24.8 Å². The van der Waals surface area contributed by atoms with E-state index >= 15 is 0 Å². The van der Waals surface area contributed by atoms with Crippen molar-refractivity contribution in [3.8, 4) is 5.75 Å². The lowest BCUT2D eigenvalue weighted by Gasteiger charge is -2.31. The Kier molecular flexibility index (Phi) is 9.07. The Labute approximate surface area is 208 Å². The largest absolute Gasteiger partial charge is 0.495 e. The molecule has 0 saturated carbocycles. The zero-order valence-electron chi connectivity index (χ0n) is 17.2. The lowest BCUT2D eigenvalue weighted by molar-refractivity contribution is 0.100. The van der Waals surface area contributed by atoms with Crippen molar-refractivity contribution in [3.63, 3.8) is 0 Å². The fraction of sp³-hybridized carbons (Fsp3) is 0.238. The first kappa shape index (κ1) is 26.1. The molecule has 0 radical (unpaired) electrons. The van der Waals surface area contributed by atoms with Gasteiger partial charge in [0.1, 0.15) is 5.75 Å². The molecule has 0 atom stereocenters. The van der Waals surface area contributed by atoms with Gasteiger partial charge in [0.15, 0.2) is 0 Å². The van der Waals surface area contributed by atoms with Crippen molar-refractivity contribution in [2.75, 3.05) is 43.5 Å². The first-order valence-corrected chi connectivity index (χ1v) is 10.2. The Bertz CT molecular complexity index is 1120. The fourth-order valence-electron chi connectivity index (χ4n) is 3.58. The third-order valence-corrected chi connectivity index (χ3v) is 5.92. The van der Waals surface area contributed by atoms with Gasteiger partial charge >= 0.3 is 0 Å². The maximum Gasteiger partial charge on any atom is 0.252 e. The SMILES string of the molecule is COc1cc2ncc(C(N)=O)c(Nc3cccc(Cl)c3Cl)c2cc1N1CCNCC1.Cl.Cl. The fourth-order valence-corrected chi connectivity index (χ4v) is 3.93. The molecule has 32 heavy (non-hydrogen) atoms. The Balaban J connectivity index is 0.00000181. The number of carbonyl (C=O) groups excluding carboxylic acids is 1. The standard InChI is InChI=1S/C21H21Cl2N5O2.2ClH/c1-30-18-10-16-12(9-17(18)28-7-5-25-6-8-28)20(13(11-26-16)21(24)29)27-15-4-2-3-14(22)19(15)23;;/h2-4,9-11,25H,5-8H2,1H3,(H2,24,29)(H,26,27);2*1H.